The van der Waals surface area contributed by atoms with Crippen molar-refractivity contribution in [3.05, 3.63) is 25.3 Å². The molecule has 1 heterocycles. The minimum Gasteiger partial charge on any atom is -0.226 e. The molecule has 0 atom stereocenters. The van der Waals surface area contributed by atoms with Crippen LogP contribution in [0.15, 0.2) is 15.1 Å². The summed E-state index contributed by atoms with van der Waals surface area (Å²) in [4.78, 5) is 3.88. The molecule has 0 fully saturated rings. The van der Waals surface area contributed by atoms with Gasteiger partial charge < -0.3 is 0 Å². The Hall–Kier alpha value is 0.690. The van der Waals surface area contributed by atoms with Gasteiger partial charge in [0.25, 0.3) is 0 Å². The number of hydrogen-bond acceptors (Lipinski definition) is 1. The van der Waals surface area contributed by atoms with Gasteiger partial charge in [-0.05, 0) is 37.9 Å². The van der Waals surface area contributed by atoms with Gasteiger partial charge in [0.15, 0.2) is 0 Å². The van der Waals surface area contributed by atoms with E-state index in [0.29, 0.717) is 14.8 Å². The highest BCUT2D eigenvalue weighted by atomic mass is 79.9. The summed E-state index contributed by atoms with van der Waals surface area (Å²) in [5.74, 6) is 0. The van der Waals surface area contributed by atoms with Crippen molar-refractivity contribution in [3.8, 4) is 0 Å². The highest BCUT2D eigenvalue weighted by Gasteiger charge is 2.03. The topological polar surface area (TPSA) is 12.9 Å². The van der Waals surface area contributed by atoms with Gasteiger partial charge >= 0.3 is 0 Å². The van der Waals surface area contributed by atoms with Crippen LogP contribution in [-0.2, 0) is 0 Å². The molecule has 0 amide bonds. The molecule has 0 saturated heterocycles. The van der Waals surface area contributed by atoms with Gasteiger partial charge in [0, 0.05) is 0 Å². The SMILES string of the molecule is Clc1cc(Br)c(Br)nc1Cl. The summed E-state index contributed by atoms with van der Waals surface area (Å²) >= 11 is 17.6. The molecule has 5 heteroatoms. The van der Waals surface area contributed by atoms with Crippen LogP contribution < -0.4 is 0 Å². The summed E-state index contributed by atoms with van der Waals surface area (Å²) < 4.78 is 1.45. The van der Waals surface area contributed by atoms with Crippen molar-refractivity contribution in [3.63, 3.8) is 0 Å². The van der Waals surface area contributed by atoms with E-state index in [2.05, 4.69) is 36.8 Å². The second-order valence-corrected chi connectivity index (χ2v) is 3.90. The fourth-order valence-corrected chi connectivity index (χ4v) is 1.56. The smallest absolute Gasteiger partial charge is 0.149 e. The van der Waals surface area contributed by atoms with E-state index in [1.165, 1.54) is 0 Å². The number of nitrogens with zero attached hydrogens (tertiary/aromatic N) is 1. The first kappa shape index (κ1) is 8.78. The first-order chi connectivity index (χ1) is 4.61. The van der Waals surface area contributed by atoms with Crippen LogP contribution in [-0.4, -0.2) is 4.98 Å². The maximum absolute atomic E-state index is 5.64. The molecule has 0 aliphatic rings. The van der Waals surface area contributed by atoms with E-state index in [-0.39, 0.29) is 0 Å². The molecular formula is C5HBr2Cl2N. The third kappa shape index (κ3) is 1.84. The Kier molecular flexibility index (Phi) is 2.98. The zero-order valence-electron chi connectivity index (χ0n) is 4.54. The van der Waals surface area contributed by atoms with E-state index >= 15 is 0 Å². The molecule has 1 nitrogen and oxygen atoms in total. The molecule has 0 aliphatic carbocycles. The van der Waals surface area contributed by atoms with Gasteiger partial charge in [-0.2, -0.15) is 0 Å². The maximum atomic E-state index is 5.64. The molecule has 0 unspecified atom stereocenters. The first-order valence-electron chi connectivity index (χ1n) is 2.28. The molecule has 0 aliphatic heterocycles. The van der Waals surface area contributed by atoms with Gasteiger partial charge in [0.05, 0.1) is 9.50 Å². The van der Waals surface area contributed by atoms with Crippen LogP contribution in [0.25, 0.3) is 0 Å². The van der Waals surface area contributed by atoms with E-state index in [0.717, 1.165) is 4.47 Å². The Morgan fingerprint density at radius 3 is 2.40 bits per heavy atom. The van der Waals surface area contributed by atoms with Crippen molar-refractivity contribution in [2.45, 2.75) is 0 Å². The molecule has 54 valence electrons. The largest absolute Gasteiger partial charge is 0.226 e. The highest BCUT2D eigenvalue weighted by molar-refractivity contribution is 9.13. The lowest BCUT2D eigenvalue weighted by Gasteiger charge is -1.96. The third-order valence-electron chi connectivity index (χ3n) is 0.844. The fraction of sp³-hybridized carbons (Fsp3) is 0. The highest BCUT2D eigenvalue weighted by Crippen LogP contribution is 2.28. The molecule has 0 saturated carbocycles. The number of hydrogen-bond donors (Lipinski definition) is 0. The van der Waals surface area contributed by atoms with E-state index in [4.69, 9.17) is 23.2 Å². The first-order valence-corrected chi connectivity index (χ1v) is 4.62. The third-order valence-corrected chi connectivity index (χ3v) is 3.26. The van der Waals surface area contributed by atoms with Gasteiger partial charge in [-0.1, -0.05) is 23.2 Å². The molecule has 1 aromatic rings. The van der Waals surface area contributed by atoms with E-state index < -0.39 is 0 Å². The summed E-state index contributed by atoms with van der Waals surface area (Å²) in [6.07, 6.45) is 0. The van der Waals surface area contributed by atoms with Crippen LogP contribution in [0.1, 0.15) is 0 Å². The van der Waals surface area contributed by atoms with Gasteiger partial charge in [0.2, 0.25) is 0 Å². The average Bonchev–Trinajstić information content (AvgIpc) is 1.84. The summed E-state index contributed by atoms with van der Waals surface area (Å²) in [7, 11) is 0. The van der Waals surface area contributed by atoms with Crippen LogP contribution in [0, 0.1) is 0 Å². The number of aromatic nitrogens is 1. The normalized spacial score (nSPS) is 10.0. The molecule has 1 rings (SSSR count). The van der Waals surface area contributed by atoms with Crippen molar-refractivity contribution in [2.75, 3.05) is 0 Å². The maximum Gasteiger partial charge on any atom is 0.149 e. The Bertz CT molecular complexity index is 214. The number of rotatable bonds is 0. The van der Waals surface area contributed by atoms with Crippen molar-refractivity contribution in [2.24, 2.45) is 0 Å². The van der Waals surface area contributed by atoms with Crippen LogP contribution in [0.5, 0.6) is 0 Å². The predicted molar refractivity (Wildman–Crippen MR) is 49.7 cm³/mol. The van der Waals surface area contributed by atoms with Gasteiger partial charge in [-0.25, -0.2) is 4.98 Å². The lowest BCUT2D eigenvalue weighted by atomic mass is 10.5. The van der Waals surface area contributed by atoms with Crippen molar-refractivity contribution >= 4 is 55.1 Å². The average molecular weight is 306 g/mol. The Balaban J connectivity index is 3.28. The zero-order valence-corrected chi connectivity index (χ0v) is 9.22. The van der Waals surface area contributed by atoms with Crippen LogP contribution in [0.2, 0.25) is 10.2 Å². The number of pyridine rings is 1. The Morgan fingerprint density at radius 2 is 1.90 bits per heavy atom. The van der Waals surface area contributed by atoms with Gasteiger partial charge in [-0.3, -0.25) is 0 Å². The van der Waals surface area contributed by atoms with Gasteiger partial charge in [-0.15, -0.1) is 0 Å². The van der Waals surface area contributed by atoms with Crippen LogP contribution in [0.4, 0.5) is 0 Å². The Morgan fingerprint density at radius 1 is 1.30 bits per heavy atom. The summed E-state index contributed by atoms with van der Waals surface area (Å²) in [6, 6.07) is 1.68. The minimum absolute atomic E-state index is 0.303. The monoisotopic (exact) mass is 303 g/mol. The molecule has 0 aromatic carbocycles. The summed E-state index contributed by atoms with van der Waals surface area (Å²) in [5.41, 5.74) is 0. The lowest BCUT2D eigenvalue weighted by molar-refractivity contribution is 1.26. The number of halogens is 4. The van der Waals surface area contributed by atoms with Crippen molar-refractivity contribution in [1.29, 1.82) is 0 Å². The second kappa shape index (κ2) is 3.39. The lowest BCUT2D eigenvalue weighted by Crippen LogP contribution is -1.79. The van der Waals surface area contributed by atoms with Gasteiger partial charge in [0.1, 0.15) is 9.76 Å². The van der Waals surface area contributed by atoms with Crippen molar-refractivity contribution in [1.82, 2.24) is 4.98 Å². The Labute approximate surface area is 85.0 Å². The zero-order chi connectivity index (χ0) is 7.72. The van der Waals surface area contributed by atoms with E-state index in [1.54, 1.807) is 6.07 Å². The second-order valence-electron chi connectivity index (χ2n) is 1.53. The molecular weight excluding hydrogens is 305 g/mol. The molecule has 0 bridgehead atoms. The van der Waals surface area contributed by atoms with Crippen LogP contribution >= 0.6 is 55.1 Å². The van der Waals surface area contributed by atoms with E-state index in [1.807, 2.05) is 0 Å². The summed E-state index contributed by atoms with van der Waals surface area (Å²) in [6.45, 7) is 0. The standard InChI is InChI=1S/C5HBr2Cl2N/c6-2-1-3(8)5(9)10-4(2)7/h1H. The predicted octanol–water partition coefficient (Wildman–Crippen LogP) is 3.91. The summed E-state index contributed by atoms with van der Waals surface area (Å²) in [5, 5.41) is 0.744. The van der Waals surface area contributed by atoms with Crippen LogP contribution in [0.3, 0.4) is 0 Å². The molecule has 1 aromatic heterocycles. The van der Waals surface area contributed by atoms with Crippen molar-refractivity contribution < 1.29 is 0 Å². The molecule has 0 N–H and O–H groups in total. The molecule has 0 radical (unpaired) electrons. The van der Waals surface area contributed by atoms with E-state index in [9.17, 15) is 0 Å². The molecule has 10 heavy (non-hydrogen) atoms. The fourth-order valence-electron chi connectivity index (χ4n) is 0.423. The minimum atomic E-state index is 0.303. The quantitative estimate of drug-likeness (QED) is 0.662. The molecule has 0 spiro atoms.